The zero-order valence-electron chi connectivity index (χ0n) is 10.9. The number of benzene rings is 2. The van der Waals surface area contributed by atoms with Gasteiger partial charge in [0.15, 0.2) is 0 Å². The van der Waals surface area contributed by atoms with Crippen LogP contribution in [0.15, 0.2) is 59.6 Å². The van der Waals surface area contributed by atoms with Crippen LogP contribution in [0.2, 0.25) is 5.02 Å². The molecule has 2 aromatic rings. The highest BCUT2D eigenvalue weighted by atomic mass is 35.5. The Morgan fingerprint density at radius 3 is 2.80 bits per heavy atom. The molecule has 0 fully saturated rings. The molecule has 0 spiro atoms. The molecule has 1 atom stereocenters. The minimum atomic E-state index is -0.0100. The van der Waals surface area contributed by atoms with Gasteiger partial charge in [0, 0.05) is 17.1 Å². The van der Waals surface area contributed by atoms with E-state index < -0.39 is 0 Å². The topological polar surface area (TPSA) is 33.6 Å². The van der Waals surface area contributed by atoms with Gasteiger partial charge in [-0.1, -0.05) is 48.0 Å². The highest BCUT2D eigenvalue weighted by Gasteiger charge is 2.19. The highest BCUT2D eigenvalue weighted by Crippen LogP contribution is 2.15. The maximum Gasteiger partial charge on any atom is 0.217 e. The molecule has 3 nitrogen and oxygen atoms in total. The van der Waals surface area contributed by atoms with Gasteiger partial charge < -0.3 is 4.74 Å². The van der Waals surface area contributed by atoms with Crippen molar-refractivity contribution in [2.75, 3.05) is 6.61 Å². The largest absolute Gasteiger partial charge is 0.474 e. The van der Waals surface area contributed by atoms with Crippen LogP contribution in [0.3, 0.4) is 0 Å². The summed E-state index contributed by atoms with van der Waals surface area (Å²) in [6.45, 7) is 1.33. The molecule has 1 aliphatic heterocycles. The number of aliphatic imine (C=N–C) groups is 1. The van der Waals surface area contributed by atoms with Crippen LogP contribution in [0.4, 0.5) is 0 Å². The Bertz CT molecular complexity index is 613. The number of hydrogen-bond acceptors (Lipinski definition) is 3. The Morgan fingerprint density at radius 1 is 1.15 bits per heavy atom. The lowest BCUT2D eigenvalue weighted by molar-refractivity contribution is 0.298. The monoisotopic (exact) mass is 286 g/mol. The highest BCUT2D eigenvalue weighted by molar-refractivity contribution is 6.30. The summed E-state index contributed by atoms with van der Waals surface area (Å²) < 4.78 is 5.62. The van der Waals surface area contributed by atoms with E-state index in [2.05, 4.69) is 22.4 Å². The van der Waals surface area contributed by atoms with Crippen molar-refractivity contribution in [2.24, 2.45) is 4.99 Å². The minimum absolute atomic E-state index is 0.0100. The second-order valence-electron chi connectivity index (χ2n) is 4.64. The molecule has 0 bridgehead atoms. The zero-order valence-corrected chi connectivity index (χ0v) is 11.7. The Hall–Kier alpha value is -1.84. The summed E-state index contributed by atoms with van der Waals surface area (Å²) in [5.74, 6) is 0.651. The normalized spacial score (nSPS) is 17.6. The predicted octanol–water partition coefficient (Wildman–Crippen LogP) is 3.23. The fourth-order valence-electron chi connectivity index (χ4n) is 2.09. The van der Waals surface area contributed by atoms with E-state index in [1.165, 1.54) is 5.56 Å². The lowest BCUT2D eigenvalue weighted by atomic mass is 10.2. The summed E-state index contributed by atoms with van der Waals surface area (Å²) in [5.41, 5.74) is 2.15. The molecular weight excluding hydrogens is 272 g/mol. The van der Waals surface area contributed by atoms with Crippen molar-refractivity contribution in [2.45, 2.75) is 12.7 Å². The smallest absolute Gasteiger partial charge is 0.217 e. The van der Waals surface area contributed by atoms with Crippen molar-refractivity contribution in [3.05, 3.63) is 70.7 Å². The first kappa shape index (κ1) is 13.2. The van der Waals surface area contributed by atoms with Crippen LogP contribution in [0.5, 0.6) is 0 Å². The predicted molar refractivity (Wildman–Crippen MR) is 81.0 cm³/mol. The first-order chi connectivity index (χ1) is 9.81. The molecule has 0 saturated carbocycles. The van der Waals surface area contributed by atoms with Crippen LogP contribution in [-0.4, -0.2) is 18.7 Å². The van der Waals surface area contributed by atoms with E-state index in [1.807, 2.05) is 42.5 Å². The lowest BCUT2D eigenvalue weighted by Gasteiger charge is -2.07. The maximum absolute atomic E-state index is 5.97. The van der Waals surface area contributed by atoms with Gasteiger partial charge in [0.25, 0.3) is 0 Å². The average Bonchev–Trinajstić information content (AvgIpc) is 2.95. The SMILES string of the molecule is Clc1cccc(C2=NC(NCc3ccccc3)CO2)c1. The third kappa shape index (κ3) is 3.18. The van der Waals surface area contributed by atoms with Crippen molar-refractivity contribution < 1.29 is 4.74 Å². The second-order valence-corrected chi connectivity index (χ2v) is 5.07. The second kappa shape index (κ2) is 6.07. The van der Waals surface area contributed by atoms with E-state index in [0.29, 0.717) is 17.5 Å². The molecule has 0 amide bonds. The number of nitrogens with zero attached hydrogens (tertiary/aromatic N) is 1. The first-order valence-electron chi connectivity index (χ1n) is 6.55. The summed E-state index contributed by atoms with van der Waals surface area (Å²) in [6, 6.07) is 17.8. The summed E-state index contributed by atoms with van der Waals surface area (Å²) in [5, 5.41) is 4.06. The van der Waals surface area contributed by atoms with E-state index in [9.17, 15) is 0 Å². The minimum Gasteiger partial charge on any atom is -0.474 e. The van der Waals surface area contributed by atoms with Gasteiger partial charge in [-0.15, -0.1) is 0 Å². The van der Waals surface area contributed by atoms with E-state index >= 15 is 0 Å². The molecule has 2 aromatic carbocycles. The molecule has 4 heteroatoms. The number of ether oxygens (including phenoxy) is 1. The van der Waals surface area contributed by atoms with Crippen molar-refractivity contribution >= 4 is 17.5 Å². The van der Waals surface area contributed by atoms with Crippen molar-refractivity contribution in [1.82, 2.24) is 5.32 Å². The average molecular weight is 287 g/mol. The number of halogens is 1. The Labute approximate surface area is 123 Å². The van der Waals surface area contributed by atoms with Gasteiger partial charge in [0.05, 0.1) is 0 Å². The zero-order chi connectivity index (χ0) is 13.8. The van der Waals surface area contributed by atoms with Gasteiger partial charge in [-0.25, -0.2) is 4.99 Å². The molecule has 0 aromatic heterocycles. The summed E-state index contributed by atoms with van der Waals surface area (Å²) in [4.78, 5) is 4.54. The van der Waals surface area contributed by atoms with Crippen molar-refractivity contribution in [1.29, 1.82) is 0 Å². The molecule has 1 aliphatic rings. The van der Waals surface area contributed by atoms with Gasteiger partial charge in [0.1, 0.15) is 12.8 Å². The molecular formula is C16H15ClN2O. The third-order valence-corrected chi connectivity index (χ3v) is 3.34. The molecule has 3 rings (SSSR count). The lowest BCUT2D eigenvalue weighted by Crippen LogP contribution is -2.27. The van der Waals surface area contributed by atoms with E-state index in [-0.39, 0.29) is 6.17 Å². The Balaban J connectivity index is 1.63. The quantitative estimate of drug-likeness (QED) is 0.936. The number of hydrogen-bond donors (Lipinski definition) is 1. The summed E-state index contributed by atoms with van der Waals surface area (Å²) >= 11 is 5.97. The van der Waals surface area contributed by atoms with Gasteiger partial charge in [-0.3, -0.25) is 5.32 Å². The van der Waals surface area contributed by atoms with Crippen molar-refractivity contribution in [3.63, 3.8) is 0 Å². The van der Waals surface area contributed by atoms with Crippen LogP contribution in [0, 0.1) is 0 Å². The van der Waals surface area contributed by atoms with Crippen LogP contribution in [0.1, 0.15) is 11.1 Å². The molecule has 0 radical (unpaired) electrons. The fraction of sp³-hybridized carbons (Fsp3) is 0.188. The maximum atomic E-state index is 5.97. The molecule has 1 unspecified atom stereocenters. The van der Waals surface area contributed by atoms with Gasteiger partial charge in [-0.05, 0) is 23.8 Å². The van der Waals surface area contributed by atoms with Crippen LogP contribution < -0.4 is 5.32 Å². The Morgan fingerprint density at radius 2 is 2.00 bits per heavy atom. The fourth-order valence-corrected chi connectivity index (χ4v) is 2.28. The molecule has 1 N–H and O–H groups in total. The molecule has 0 aliphatic carbocycles. The summed E-state index contributed by atoms with van der Waals surface area (Å²) in [6.07, 6.45) is -0.0100. The van der Waals surface area contributed by atoms with Gasteiger partial charge >= 0.3 is 0 Å². The van der Waals surface area contributed by atoms with Crippen LogP contribution in [-0.2, 0) is 11.3 Å². The van der Waals surface area contributed by atoms with Crippen LogP contribution in [0.25, 0.3) is 0 Å². The molecule has 20 heavy (non-hydrogen) atoms. The number of nitrogens with one attached hydrogen (secondary N) is 1. The van der Waals surface area contributed by atoms with Gasteiger partial charge in [-0.2, -0.15) is 0 Å². The van der Waals surface area contributed by atoms with E-state index in [0.717, 1.165) is 12.1 Å². The standard InChI is InChI=1S/C16H15ClN2O/c17-14-8-4-7-13(9-14)16-19-15(11-20-16)18-10-12-5-2-1-3-6-12/h1-9,15,18H,10-11H2. The summed E-state index contributed by atoms with van der Waals surface area (Å²) in [7, 11) is 0. The number of rotatable bonds is 4. The van der Waals surface area contributed by atoms with E-state index in [4.69, 9.17) is 16.3 Å². The van der Waals surface area contributed by atoms with Crippen LogP contribution >= 0.6 is 11.6 Å². The molecule has 102 valence electrons. The molecule has 1 heterocycles. The first-order valence-corrected chi connectivity index (χ1v) is 6.93. The third-order valence-electron chi connectivity index (χ3n) is 3.11. The van der Waals surface area contributed by atoms with E-state index in [1.54, 1.807) is 0 Å². The molecule has 0 saturated heterocycles. The van der Waals surface area contributed by atoms with Crippen molar-refractivity contribution in [3.8, 4) is 0 Å². The van der Waals surface area contributed by atoms with Gasteiger partial charge in [0.2, 0.25) is 5.90 Å². The Kier molecular flexibility index (Phi) is 4.00.